The van der Waals surface area contributed by atoms with Gasteiger partial charge in [0.2, 0.25) is 5.95 Å². The van der Waals surface area contributed by atoms with E-state index < -0.39 is 5.91 Å². The summed E-state index contributed by atoms with van der Waals surface area (Å²) in [6.45, 7) is 3.02. The molecule has 5 rings (SSSR count). The van der Waals surface area contributed by atoms with Crippen molar-refractivity contribution in [2.24, 2.45) is 0 Å². The number of nitrogens with zero attached hydrogens (tertiary/aromatic N) is 6. The Bertz CT molecular complexity index is 1560. The number of benzene rings is 1. The van der Waals surface area contributed by atoms with Gasteiger partial charge in [-0.3, -0.25) is 28.8 Å². The number of nitrogens with one attached hydrogen (secondary N) is 2. The molecule has 3 aromatic rings. The molecule has 0 bridgehead atoms. The second kappa shape index (κ2) is 11.3. The first kappa shape index (κ1) is 26.4. The number of piperidine rings is 1. The molecule has 11 nitrogen and oxygen atoms in total. The van der Waals surface area contributed by atoms with Gasteiger partial charge in [-0.25, -0.2) is 0 Å². The standard InChI is InChI=1S/C29H28N8O3/c1-3-4-15-36-24(26(38)33-17-23-19(16-30)9-7-13-32-23)25(31-2)34-29(36)35-14-8-10-20(18-35)37-27(39)21-11-5-6-12-22(21)28(37)40/h5-7,9,11-13,20,31H,8,10,14-15,17-18H2,1-2H3,(H,33,38). The fraction of sp³-hybridized carbons (Fsp3) is 0.310. The van der Waals surface area contributed by atoms with Crippen LogP contribution >= 0.6 is 0 Å². The van der Waals surface area contributed by atoms with Crippen molar-refractivity contribution < 1.29 is 14.4 Å². The normalized spacial score (nSPS) is 16.2. The molecule has 40 heavy (non-hydrogen) atoms. The Kier molecular flexibility index (Phi) is 7.47. The summed E-state index contributed by atoms with van der Waals surface area (Å²) in [7, 11) is 1.68. The van der Waals surface area contributed by atoms with Gasteiger partial charge >= 0.3 is 0 Å². The Morgan fingerprint density at radius 2 is 1.90 bits per heavy atom. The quantitative estimate of drug-likeness (QED) is 0.347. The topological polar surface area (TPSA) is 136 Å². The number of carbonyl (C=O) groups is 3. The molecule has 3 amide bonds. The third kappa shape index (κ3) is 4.74. The van der Waals surface area contributed by atoms with Crippen molar-refractivity contribution in [2.45, 2.75) is 38.9 Å². The third-order valence-corrected chi connectivity index (χ3v) is 7.11. The predicted molar refractivity (Wildman–Crippen MR) is 148 cm³/mol. The van der Waals surface area contributed by atoms with Crippen LogP contribution in [0.3, 0.4) is 0 Å². The summed E-state index contributed by atoms with van der Waals surface area (Å²) in [6, 6.07) is 11.9. The van der Waals surface area contributed by atoms with Crippen LogP contribution < -0.4 is 15.5 Å². The number of hydrogen-bond acceptors (Lipinski definition) is 8. The highest BCUT2D eigenvalue weighted by Gasteiger charge is 2.42. The van der Waals surface area contributed by atoms with E-state index in [4.69, 9.17) is 4.98 Å². The highest BCUT2D eigenvalue weighted by molar-refractivity contribution is 6.21. The average Bonchev–Trinajstić information content (AvgIpc) is 3.49. The molecule has 2 aromatic heterocycles. The molecule has 2 aliphatic heterocycles. The molecule has 1 fully saturated rings. The minimum Gasteiger partial charge on any atom is -0.371 e. The molecule has 202 valence electrons. The Labute approximate surface area is 231 Å². The second-order valence-corrected chi connectivity index (χ2v) is 9.43. The number of fused-ring (bicyclic) bond motifs is 1. The second-order valence-electron chi connectivity index (χ2n) is 9.43. The zero-order chi connectivity index (χ0) is 28.2. The Morgan fingerprint density at radius 1 is 1.15 bits per heavy atom. The van der Waals surface area contributed by atoms with Crippen LogP contribution in [-0.2, 0) is 13.1 Å². The summed E-state index contributed by atoms with van der Waals surface area (Å²) >= 11 is 0. The highest BCUT2D eigenvalue weighted by atomic mass is 16.2. The maximum atomic E-state index is 13.5. The van der Waals surface area contributed by atoms with Gasteiger partial charge in [-0.15, -0.1) is 5.92 Å². The minimum absolute atomic E-state index is 0.0667. The van der Waals surface area contributed by atoms with Gasteiger partial charge in [0.25, 0.3) is 17.7 Å². The predicted octanol–water partition coefficient (Wildman–Crippen LogP) is 2.41. The minimum atomic E-state index is -0.399. The van der Waals surface area contributed by atoms with Gasteiger partial charge < -0.3 is 15.5 Å². The van der Waals surface area contributed by atoms with E-state index in [1.165, 1.54) is 4.90 Å². The van der Waals surface area contributed by atoms with E-state index >= 15 is 0 Å². The Hall–Kier alpha value is -5.16. The lowest BCUT2D eigenvalue weighted by atomic mass is 10.0. The molecule has 1 aromatic carbocycles. The molecule has 2 N–H and O–H groups in total. The van der Waals surface area contributed by atoms with Gasteiger partial charge in [0.15, 0.2) is 11.5 Å². The Morgan fingerprint density at radius 3 is 2.58 bits per heavy atom. The first-order chi connectivity index (χ1) is 19.5. The SMILES string of the molecule is CC#CCn1c(N2CCCC(N3C(=O)c4ccccc4C3=O)C2)nc(NC)c1C(=O)NCc1ncccc1C#N. The Balaban J connectivity index is 1.43. The molecular weight excluding hydrogens is 508 g/mol. The van der Waals surface area contributed by atoms with Gasteiger partial charge in [-0.2, -0.15) is 10.2 Å². The van der Waals surface area contributed by atoms with Crippen molar-refractivity contribution in [3.05, 3.63) is 70.7 Å². The van der Waals surface area contributed by atoms with E-state index in [1.54, 1.807) is 61.1 Å². The molecule has 1 atom stereocenters. The van der Waals surface area contributed by atoms with E-state index in [0.717, 1.165) is 6.42 Å². The zero-order valence-corrected chi connectivity index (χ0v) is 22.3. The van der Waals surface area contributed by atoms with E-state index in [-0.39, 0.29) is 36.6 Å². The molecule has 2 aliphatic rings. The van der Waals surface area contributed by atoms with Crippen LogP contribution in [0.4, 0.5) is 11.8 Å². The van der Waals surface area contributed by atoms with Crippen LogP contribution in [-0.4, -0.2) is 63.3 Å². The molecule has 11 heteroatoms. The number of anilines is 2. The zero-order valence-electron chi connectivity index (χ0n) is 22.3. The molecule has 0 saturated carbocycles. The maximum Gasteiger partial charge on any atom is 0.272 e. The molecule has 0 radical (unpaired) electrons. The van der Waals surface area contributed by atoms with E-state index in [9.17, 15) is 19.6 Å². The summed E-state index contributed by atoms with van der Waals surface area (Å²) in [6.07, 6.45) is 2.98. The summed E-state index contributed by atoms with van der Waals surface area (Å²) in [5, 5.41) is 15.2. The average molecular weight is 537 g/mol. The number of hydrogen-bond donors (Lipinski definition) is 2. The van der Waals surface area contributed by atoms with Crippen molar-refractivity contribution in [1.82, 2.24) is 24.8 Å². The number of nitriles is 1. The van der Waals surface area contributed by atoms with Crippen molar-refractivity contribution in [3.8, 4) is 17.9 Å². The van der Waals surface area contributed by atoms with Crippen molar-refractivity contribution in [3.63, 3.8) is 0 Å². The van der Waals surface area contributed by atoms with E-state index in [1.807, 2.05) is 4.90 Å². The monoisotopic (exact) mass is 536 g/mol. The van der Waals surface area contributed by atoms with E-state index in [0.29, 0.717) is 53.7 Å². The number of aromatic nitrogens is 3. The van der Waals surface area contributed by atoms with E-state index in [2.05, 4.69) is 33.5 Å². The summed E-state index contributed by atoms with van der Waals surface area (Å²) in [5.74, 6) is 5.83. The first-order valence-corrected chi connectivity index (χ1v) is 13.0. The molecule has 0 aliphatic carbocycles. The van der Waals surface area contributed by atoms with Gasteiger partial charge in [0.05, 0.1) is 41.5 Å². The van der Waals surface area contributed by atoms with Crippen molar-refractivity contribution in [1.29, 1.82) is 5.26 Å². The number of rotatable bonds is 7. The molecule has 1 unspecified atom stereocenters. The van der Waals surface area contributed by atoms with Gasteiger partial charge in [-0.1, -0.05) is 18.1 Å². The molecular formula is C29H28N8O3. The largest absolute Gasteiger partial charge is 0.371 e. The number of imide groups is 1. The number of carbonyl (C=O) groups excluding carboxylic acids is 3. The lowest BCUT2D eigenvalue weighted by molar-refractivity contribution is 0.0569. The van der Waals surface area contributed by atoms with Crippen LogP contribution in [0.1, 0.15) is 62.2 Å². The van der Waals surface area contributed by atoms with Gasteiger partial charge in [0.1, 0.15) is 6.07 Å². The van der Waals surface area contributed by atoms with Crippen LogP contribution in [0.15, 0.2) is 42.6 Å². The van der Waals surface area contributed by atoms with Gasteiger partial charge in [0, 0.05) is 26.3 Å². The van der Waals surface area contributed by atoms with Crippen LogP contribution in [0.25, 0.3) is 0 Å². The van der Waals surface area contributed by atoms with Crippen LogP contribution in [0.2, 0.25) is 0 Å². The highest BCUT2D eigenvalue weighted by Crippen LogP contribution is 2.31. The summed E-state index contributed by atoms with van der Waals surface area (Å²) in [5.41, 5.74) is 1.98. The van der Waals surface area contributed by atoms with Crippen LogP contribution in [0, 0.1) is 23.2 Å². The fourth-order valence-corrected chi connectivity index (χ4v) is 5.21. The van der Waals surface area contributed by atoms with Gasteiger partial charge in [-0.05, 0) is 44.0 Å². The lowest BCUT2D eigenvalue weighted by Crippen LogP contribution is -2.50. The molecule has 0 spiro atoms. The third-order valence-electron chi connectivity index (χ3n) is 7.11. The van der Waals surface area contributed by atoms with Crippen molar-refractivity contribution in [2.75, 3.05) is 30.4 Å². The summed E-state index contributed by atoms with van der Waals surface area (Å²) < 4.78 is 1.74. The van der Waals surface area contributed by atoms with Crippen molar-refractivity contribution >= 4 is 29.5 Å². The lowest BCUT2D eigenvalue weighted by Gasteiger charge is -2.37. The summed E-state index contributed by atoms with van der Waals surface area (Å²) in [4.78, 5) is 52.1. The van der Waals surface area contributed by atoms with Crippen LogP contribution in [0.5, 0.6) is 0 Å². The molecule has 4 heterocycles. The number of pyridine rings is 1. The molecule has 1 saturated heterocycles. The maximum absolute atomic E-state index is 13.5. The fourth-order valence-electron chi connectivity index (χ4n) is 5.21. The number of imidazole rings is 1. The number of amides is 3. The smallest absolute Gasteiger partial charge is 0.272 e. The first-order valence-electron chi connectivity index (χ1n) is 13.0.